The van der Waals surface area contributed by atoms with E-state index in [1.807, 2.05) is 0 Å². The van der Waals surface area contributed by atoms with Crippen LogP contribution in [0.15, 0.2) is 0 Å². The molecule has 1 aliphatic carbocycles. The van der Waals surface area contributed by atoms with Gasteiger partial charge in [-0.2, -0.15) is 0 Å². The number of urea groups is 1. The smallest absolute Gasteiger partial charge is 0.323 e. The Balaban J connectivity index is 2.46. The molecule has 1 aliphatic rings. The predicted octanol–water partition coefficient (Wildman–Crippen LogP) is 0.927. The number of carbonyl (C=O) groups excluding carboxylic acids is 2. The van der Waals surface area contributed by atoms with Crippen LogP contribution in [-0.2, 0) is 9.59 Å². The fraction of sp³-hybridized carbons (Fsp3) is 0.786. The summed E-state index contributed by atoms with van der Waals surface area (Å²) in [6.07, 6.45) is 6.34. The molecule has 1 fully saturated rings. The summed E-state index contributed by atoms with van der Waals surface area (Å²) in [4.78, 5) is 34.6. The first kappa shape index (κ1) is 17.3. The lowest BCUT2D eigenvalue weighted by atomic mass is 9.83. The second-order valence-corrected chi connectivity index (χ2v) is 5.67. The van der Waals surface area contributed by atoms with E-state index in [2.05, 4.69) is 12.2 Å². The quantitative estimate of drug-likeness (QED) is 0.649. The summed E-state index contributed by atoms with van der Waals surface area (Å²) in [6.45, 7) is 1.25. The lowest BCUT2D eigenvalue weighted by molar-refractivity contribution is -0.137. The highest BCUT2D eigenvalue weighted by molar-refractivity contribution is 5.86. The molecule has 1 saturated carbocycles. The molecule has 0 aliphatic heterocycles. The van der Waals surface area contributed by atoms with Gasteiger partial charge in [-0.15, -0.1) is 0 Å². The van der Waals surface area contributed by atoms with Gasteiger partial charge in [-0.25, -0.2) is 4.79 Å². The van der Waals surface area contributed by atoms with Gasteiger partial charge in [0.25, 0.3) is 0 Å². The molecule has 7 nitrogen and oxygen atoms in total. The molecule has 0 aromatic rings. The Labute approximate surface area is 124 Å². The Kier molecular flexibility index (Phi) is 6.98. The largest absolute Gasteiger partial charge is 0.480 e. The molecular formula is C14H25N3O4. The molecule has 1 rings (SSSR count). The number of carboxylic acids is 1. The van der Waals surface area contributed by atoms with Crippen molar-refractivity contribution in [3.8, 4) is 0 Å². The first-order chi connectivity index (χ1) is 9.92. The van der Waals surface area contributed by atoms with Crippen molar-refractivity contribution < 1.29 is 19.5 Å². The summed E-state index contributed by atoms with van der Waals surface area (Å²) in [5.74, 6) is -1.17. The SMILES string of the molecule is CCCC1CCC(NC(=O)N(CC(N)=O)CC(=O)O)CC1. The number of hydrogen-bond donors (Lipinski definition) is 3. The van der Waals surface area contributed by atoms with Crippen LogP contribution in [0.25, 0.3) is 0 Å². The van der Waals surface area contributed by atoms with E-state index in [1.165, 1.54) is 12.8 Å². The van der Waals surface area contributed by atoms with E-state index in [0.717, 1.165) is 36.5 Å². The molecule has 0 radical (unpaired) electrons. The van der Waals surface area contributed by atoms with E-state index >= 15 is 0 Å². The van der Waals surface area contributed by atoms with Crippen LogP contribution in [0, 0.1) is 5.92 Å². The van der Waals surface area contributed by atoms with Gasteiger partial charge in [0.15, 0.2) is 0 Å². The highest BCUT2D eigenvalue weighted by Gasteiger charge is 2.25. The van der Waals surface area contributed by atoms with Gasteiger partial charge < -0.3 is 21.1 Å². The molecule has 21 heavy (non-hydrogen) atoms. The van der Waals surface area contributed by atoms with Crippen molar-refractivity contribution in [3.05, 3.63) is 0 Å². The molecule has 120 valence electrons. The molecule has 0 atom stereocenters. The standard InChI is InChI=1S/C14H25N3O4/c1-2-3-10-4-6-11(7-5-10)16-14(21)17(8-12(15)18)9-13(19)20/h10-11H,2-9H2,1H3,(H2,15,18)(H,16,21)(H,19,20). The van der Waals surface area contributed by atoms with Crippen LogP contribution in [-0.4, -0.2) is 47.0 Å². The van der Waals surface area contributed by atoms with Gasteiger partial charge >= 0.3 is 12.0 Å². The molecule has 4 N–H and O–H groups in total. The minimum absolute atomic E-state index is 0.0507. The zero-order valence-corrected chi connectivity index (χ0v) is 12.5. The molecular weight excluding hydrogens is 274 g/mol. The van der Waals surface area contributed by atoms with Gasteiger partial charge in [-0.05, 0) is 31.6 Å². The van der Waals surface area contributed by atoms with Crippen LogP contribution in [0.2, 0.25) is 0 Å². The average molecular weight is 299 g/mol. The number of amides is 3. The Morgan fingerprint density at radius 3 is 2.29 bits per heavy atom. The average Bonchev–Trinajstić information content (AvgIpc) is 2.39. The van der Waals surface area contributed by atoms with E-state index in [4.69, 9.17) is 10.8 Å². The van der Waals surface area contributed by atoms with E-state index in [0.29, 0.717) is 0 Å². The molecule has 0 spiro atoms. The van der Waals surface area contributed by atoms with Crippen LogP contribution < -0.4 is 11.1 Å². The highest BCUT2D eigenvalue weighted by atomic mass is 16.4. The van der Waals surface area contributed by atoms with Crippen LogP contribution in [0.3, 0.4) is 0 Å². The minimum Gasteiger partial charge on any atom is -0.480 e. The number of aliphatic carboxylic acids is 1. The number of nitrogens with zero attached hydrogens (tertiary/aromatic N) is 1. The van der Waals surface area contributed by atoms with Gasteiger partial charge in [0.05, 0.1) is 0 Å². The van der Waals surface area contributed by atoms with Crippen LogP contribution in [0.4, 0.5) is 4.79 Å². The van der Waals surface area contributed by atoms with E-state index in [9.17, 15) is 14.4 Å². The molecule has 0 unspecified atom stereocenters. The van der Waals surface area contributed by atoms with Crippen molar-refractivity contribution >= 4 is 17.9 Å². The van der Waals surface area contributed by atoms with Crippen molar-refractivity contribution in [1.29, 1.82) is 0 Å². The maximum atomic E-state index is 12.0. The van der Waals surface area contributed by atoms with Crippen LogP contribution in [0.5, 0.6) is 0 Å². The third kappa shape index (κ3) is 6.46. The maximum Gasteiger partial charge on any atom is 0.323 e. The minimum atomic E-state index is -1.17. The Hall–Kier alpha value is -1.79. The molecule has 7 heteroatoms. The monoisotopic (exact) mass is 299 g/mol. The maximum absolute atomic E-state index is 12.0. The normalized spacial score (nSPS) is 21.6. The number of hydrogen-bond acceptors (Lipinski definition) is 3. The summed E-state index contributed by atoms with van der Waals surface area (Å²) < 4.78 is 0. The van der Waals surface area contributed by atoms with E-state index < -0.39 is 24.5 Å². The third-order valence-electron chi connectivity index (χ3n) is 3.83. The van der Waals surface area contributed by atoms with Gasteiger partial charge in [0.2, 0.25) is 5.91 Å². The van der Waals surface area contributed by atoms with Gasteiger partial charge in [0, 0.05) is 6.04 Å². The number of carbonyl (C=O) groups is 3. The number of primary amides is 1. The zero-order valence-electron chi connectivity index (χ0n) is 12.5. The van der Waals surface area contributed by atoms with Gasteiger partial charge in [-0.3, -0.25) is 9.59 Å². The highest BCUT2D eigenvalue weighted by Crippen LogP contribution is 2.27. The lowest BCUT2D eigenvalue weighted by Crippen LogP contribution is -2.50. The van der Waals surface area contributed by atoms with Crippen LogP contribution in [0.1, 0.15) is 45.4 Å². The van der Waals surface area contributed by atoms with Gasteiger partial charge in [-0.1, -0.05) is 19.8 Å². The fourth-order valence-electron chi connectivity index (χ4n) is 2.82. The number of rotatable bonds is 7. The molecule has 3 amide bonds. The second kappa shape index (κ2) is 8.49. The molecule has 0 aromatic heterocycles. The van der Waals surface area contributed by atoms with Crippen molar-refractivity contribution in [2.24, 2.45) is 11.7 Å². The molecule has 0 saturated heterocycles. The van der Waals surface area contributed by atoms with Gasteiger partial charge in [0.1, 0.15) is 13.1 Å². The predicted molar refractivity (Wildman–Crippen MR) is 77.6 cm³/mol. The fourth-order valence-corrected chi connectivity index (χ4v) is 2.82. The molecule has 0 aromatic carbocycles. The van der Waals surface area contributed by atoms with Crippen molar-refractivity contribution in [3.63, 3.8) is 0 Å². The summed E-state index contributed by atoms with van der Waals surface area (Å²) >= 11 is 0. The zero-order chi connectivity index (χ0) is 15.8. The van der Waals surface area contributed by atoms with Crippen molar-refractivity contribution in [1.82, 2.24) is 10.2 Å². The Bertz CT molecular complexity index is 362. The first-order valence-corrected chi connectivity index (χ1v) is 7.47. The molecule has 0 bridgehead atoms. The van der Waals surface area contributed by atoms with Crippen LogP contribution >= 0.6 is 0 Å². The number of carboxylic acid groups (broad SMARTS) is 1. The van der Waals surface area contributed by atoms with E-state index in [1.54, 1.807) is 0 Å². The topological polar surface area (TPSA) is 113 Å². The number of nitrogens with two attached hydrogens (primary N) is 1. The summed E-state index contributed by atoms with van der Waals surface area (Å²) in [5.41, 5.74) is 5.04. The third-order valence-corrected chi connectivity index (χ3v) is 3.83. The summed E-state index contributed by atoms with van der Waals surface area (Å²) in [7, 11) is 0. The Morgan fingerprint density at radius 1 is 1.19 bits per heavy atom. The molecule has 0 heterocycles. The van der Waals surface area contributed by atoms with Crippen molar-refractivity contribution in [2.45, 2.75) is 51.5 Å². The summed E-state index contributed by atoms with van der Waals surface area (Å²) in [6, 6.07) is -0.482. The number of nitrogens with one attached hydrogen (secondary N) is 1. The second-order valence-electron chi connectivity index (χ2n) is 5.67. The first-order valence-electron chi connectivity index (χ1n) is 7.47. The van der Waals surface area contributed by atoms with Crippen molar-refractivity contribution in [2.75, 3.05) is 13.1 Å². The lowest BCUT2D eigenvalue weighted by Gasteiger charge is -2.30. The Morgan fingerprint density at radius 2 is 1.81 bits per heavy atom. The van der Waals surface area contributed by atoms with E-state index in [-0.39, 0.29) is 12.6 Å². The summed E-state index contributed by atoms with van der Waals surface area (Å²) in [5, 5.41) is 11.6.